The number of aryl methyl sites for hydroxylation is 1. The minimum Gasteiger partial charge on any atom is -0.306 e. The lowest BCUT2D eigenvalue weighted by atomic mass is 10.1. The fraction of sp³-hybridized carbons (Fsp3) is 0.333. The Morgan fingerprint density at radius 1 is 1.47 bits per heavy atom. The molecule has 0 saturated heterocycles. The van der Waals surface area contributed by atoms with Crippen LogP contribution in [0.5, 0.6) is 0 Å². The SMILES string of the molecule is Cc1ccn2cnc(C(=O)C(C)C)c2c1. The molecule has 2 heterocycles. The first-order valence-electron chi connectivity index (χ1n) is 5.07. The smallest absolute Gasteiger partial charge is 0.185 e. The highest BCUT2D eigenvalue weighted by Crippen LogP contribution is 2.15. The van der Waals surface area contributed by atoms with Crippen molar-refractivity contribution in [2.24, 2.45) is 5.92 Å². The average Bonchev–Trinajstić information content (AvgIpc) is 2.59. The molecule has 0 amide bonds. The van der Waals surface area contributed by atoms with Gasteiger partial charge in [-0.2, -0.15) is 0 Å². The van der Waals surface area contributed by atoms with Crippen molar-refractivity contribution < 1.29 is 4.79 Å². The van der Waals surface area contributed by atoms with Gasteiger partial charge in [-0.25, -0.2) is 4.98 Å². The third-order valence-electron chi connectivity index (χ3n) is 2.45. The van der Waals surface area contributed by atoms with Gasteiger partial charge in [0.15, 0.2) is 5.78 Å². The van der Waals surface area contributed by atoms with E-state index in [1.54, 1.807) is 6.33 Å². The summed E-state index contributed by atoms with van der Waals surface area (Å²) < 4.78 is 1.88. The standard InChI is InChI=1S/C12H14N2O/c1-8(2)12(15)11-10-6-9(3)4-5-14(10)7-13-11/h4-8H,1-3H3. The number of hydrogen-bond donors (Lipinski definition) is 0. The van der Waals surface area contributed by atoms with Crippen molar-refractivity contribution >= 4 is 11.3 Å². The van der Waals surface area contributed by atoms with Crippen LogP contribution in [-0.2, 0) is 0 Å². The molecule has 0 aliphatic carbocycles. The van der Waals surface area contributed by atoms with Crippen molar-refractivity contribution in [2.45, 2.75) is 20.8 Å². The lowest BCUT2D eigenvalue weighted by Crippen LogP contribution is -2.08. The van der Waals surface area contributed by atoms with Crippen LogP contribution in [0.1, 0.15) is 29.9 Å². The number of carbonyl (C=O) groups excluding carboxylic acids is 1. The Kier molecular flexibility index (Phi) is 2.31. The van der Waals surface area contributed by atoms with Crippen molar-refractivity contribution in [3.63, 3.8) is 0 Å². The first kappa shape index (κ1) is 9.90. The van der Waals surface area contributed by atoms with Crippen LogP contribution in [0.3, 0.4) is 0 Å². The highest BCUT2D eigenvalue weighted by Gasteiger charge is 2.16. The average molecular weight is 202 g/mol. The second-order valence-corrected chi connectivity index (χ2v) is 4.11. The normalized spacial score (nSPS) is 11.2. The molecule has 2 aromatic heterocycles. The van der Waals surface area contributed by atoms with Crippen LogP contribution in [0.25, 0.3) is 5.52 Å². The number of ketones is 1. The lowest BCUT2D eigenvalue weighted by Gasteiger charge is -2.01. The van der Waals surface area contributed by atoms with Gasteiger partial charge in [-0.1, -0.05) is 13.8 Å². The predicted molar refractivity (Wildman–Crippen MR) is 59.1 cm³/mol. The van der Waals surface area contributed by atoms with Crippen molar-refractivity contribution in [3.8, 4) is 0 Å². The van der Waals surface area contributed by atoms with E-state index in [1.165, 1.54) is 0 Å². The van der Waals surface area contributed by atoms with E-state index >= 15 is 0 Å². The zero-order valence-corrected chi connectivity index (χ0v) is 9.19. The fourth-order valence-electron chi connectivity index (χ4n) is 1.56. The first-order chi connectivity index (χ1) is 7.09. The van der Waals surface area contributed by atoms with Crippen molar-refractivity contribution in [1.82, 2.24) is 9.38 Å². The number of aromatic nitrogens is 2. The monoisotopic (exact) mass is 202 g/mol. The van der Waals surface area contributed by atoms with Gasteiger partial charge in [0.05, 0.1) is 5.52 Å². The van der Waals surface area contributed by atoms with Gasteiger partial charge in [0.25, 0.3) is 0 Å². The number of pyridine rings is 1. The summed E-state index contributed by atoms with van der Waals surface area (Å²) in [7, 11) is 0. The molecule has 0 bridgehead atoms. The summed E-state index contributed by atoms with van der Waals surface area (Å²) in [5, 5.41) is 0. The molecule has 0 saturated carbocycles. The Labute approximate surface area is 88.8 Å². The molecule has 0 atom stereocenters. The van der Waals surface area contributed by atoms with Gasteiger partial charge in [-0.05, 0) is 24.6 Å². The molecule has 2 aromatic rings. The summed E-state index contributed by atoms with van der Waals surface area (Å²) in [6.45, 7) is 5.79. The second kappa shape index (κ2) is 3.50. The highest BCUT2D eigenvalue weighted by atomic mass is 16.1. The molecular formula is C12H14N2O. The Balaban J connectivity index is 2.62. The van der Waals surface area contributed by atoms with E-state index in [0.717, 1.165) is 11.1 Å². The molecule has 3 heteroatoms. The van der Waals surface area contributed by atoms with E-state index < -0.39 is 0 Å². The van der Waals surface area contributed by atoms with Gasteiger partial charge >= 0.3 is 0 Å². The summed E-state index contributed by atoms with van der Waals surface area (Å²) in [5.74, 6) is 0.0901. The molecule has 0 aliphatic heterocycles. The van der Waals surface area contributed by atoms with E-state index in [9.17, 15) is 4.79 Å². The Morgan fingerprint density at radius 2 is 2.20 bits per heavy atom. The molecule has 0 spiro atoms. The Morgan fingerprint density at radius 3 is 2.87 bits per heavy atom. The number of hydrogen-bond acceptors (Lipinski definition) is 2. The predicted octanol–water partition coefficient (Wildman–Crippen LogP) is 2.48. The van der Waals surface area contributed by atoms with E-state index in [0.29, 0.717) is 5.69 Å². The summed E-state index contributed by atoms with van der Waals surface area (Å²) in [4.78, 5) is 16.0. The van der Waals surface area contributed by atoms with Crippen LogP contribution >= 0.6 is 0 Å². The molecule has 0 radical (unpaired) electrons. The molecular weight excluding hydrogens is 188 g/mol. The maximum absolute atomic E-state index is 11.9. The number of carbonyl (C=O) groups is 1. The summed E-state index contributed by atoms with van der Waals surface area (Å²) in [5.41, 5.74) is 2.61. The molecule has 3 nitrogen and oxygen atoms in total. The maximum atomic E-state index is 11.9. The number of fused-ring (bicyclic) bond motifs is 1. The lowest BCUT2D eigenvalue weighted by molar-refractivity contribution is 0.0936. The van der Waals surface area contributed by atoms with Gasteiger partial charge in [0, 0.05) is 12.1 Å². The van der Waals surface area contributed by atoms with Crippen LogP contribution < -0.4 is 0 Å². The van der Waals surface area contributed by atoms with Crippen molar-refractivity contribution in [1.29, 1.82) is 0 Å². The van der Waals surface area contributed by atoms with E-state index in [2.05, 4.69) is 4.98 Å². The molecule has 0 aromatic carbocycles. The van der Waals surface area contributed by atoms with Gasteiger partial charge in [0.1, 0.15) is 12.0 Å². The third-order valence-corrected chi connectivity index (χ3v) is 2.45. The van der Waals surface area contributed by atoms with Crippen molar-refractivity contribution in [3.05, 3.63) is 35.9 Å². The molecule has 15 heavy (non-hydrogen) atoms. The molecule has 78 valence electrons. The van der Waals surface area contributed by atoms with E-state index in [4.69, 9.17) is 0 Å². The summed E-state index contributed by atoms with van der Waals surface area (Å²) >= 11 is 0. The summed E-state index contributed by atoms with van der Waals surface area (Å²) in [6, 6.07) is 3.99. The zero-order chi connectivity index (χ0) is 11.0. The Hall–Kier alpha value is -1.64. The third kappa shape index (κ3) is 1.65. The Bertz CT molecular complexity index is 511. The second-order valence-electron chi connectivity index (χ2n) is 4.11. The van der Waals surface area contributed by atoms with Gasteiger partial charge in [0.2, 0.25) is 0 Å². The largest absolute Gasteiger partial charge is 0.306 e. The quantitative estimate of drug-likeness (QED) is 0.701. The number of nitrogens with zero attached hydrogens (tertiary/aromatic N) is 2. The van der Waals surface area contributed by atoms with Gasteiger partial charge < -0.3 is 4.40 Å². The topological polar surface area (TPSA) is 34.4 Å². The minimum atomic E-state index is -0.00999. The van der Waals surface area contributed by atoms with Crippen LogP contribution in [0.4, 0.5) is 0 Å². The molecule has 0 N–H and O–H groups in total. The molecule has 0 aliphatic rings. The number of imidazole rings is 1. The van der Waals surface area contributed by atoms with Crippen LogP contribution in [0.2, 0.25) is 0 Å². The fourth-order valence-corrected chi connectivity index (χ4v) is 1.56. The molecule has 2 rings (SSSR count). The first-order valence-corrected chi connectivity index (χ1v) is 5.07. The highest BCUT2D eigenvalue weighted by molar-refractivity contribution is 6.01. The zero-order valence-electron chi connectivity index (χ0n) is 9.19. The van der Waals surface area contributed by atoms with Gasteiger partial charge in [-0.15, -0.1) is 0 Å². The maximum Gasteiger partial charge on any atom is 0.185 e. The summed E-state index contributed by atoms with van der Waals surface area (Å²) in [6.07, 6.45) is 3.61. The van der Waals surface area contributed by atoms with Crippen molar-refractivity contribution in [2.75, 3.05) is 0 Å². The van der Waals surface area contributed by atoms with E-state index in [-0.39, 0.29) is 11.7 Å². The minimum absolute atomic E-state index is 0.00999. The van der Waals surface area contributed by atoms with Crippen LogP contribution in [0.15, 0.2) is 24.7 Å². The number of rotatable bonds is 2. The van der Waals surface area contributed by atoms with E-state index in [1.807, 2.05) is 43.5 Å². The molecule has 0 unspecified atom stereocenters. The molecule has 0 fully saturated rings. The van der Waals surface area contributed by atoms with Gasteiger partial charge in [-0.3, -0.25) is 4.79 Å². The number of Topliss-reactive ketones (excluding diaryl/α,β-unsaturated/α-hetero) is 1. The van der Waals surface area contributed by atoms with Crippen LogP contribution in [-0.4, -0.2) is 15.2 Å². The van der Waals surface area contributed by atoms with Crippen LogP contribution in [0, 0.1) is 12.8 Å².